The average Bonchev–Trinajstić information content (AvgIpc) is 3.06. The first-order valence-corrected chi connectivity index (χ1v) is 11.6. The molecule has 0 aromatic heterocycles. The normalized spacial score (nSPS) is 28.5. The SMILES string of the molecule is O=S(=O)(N1CCCC1)N1C[C@H]2CC[C@@H]1CN(CCCc1ccccc1)C2. The van der Waals surface area contributed by atoms with Gasteiger partial charge in [0.25, 0.3) is 10.2 Å². The second kappa shape index (κ2) is 7.97. The van der Waals surface area contributed by atoms with E-state index in [-0.39, 0.29) is 6.04 Å². The van der Waals surface area contributed by atoms with E-state index in [2.05, 4.69) is 35.2 Å². The Morgan fingerprint density at radius 2 is 1.73 bits per heavy atom. The van der Waals surface area contributed by atoms with Crippen molar-refractivity contribution in [2.75, 3.05) is 39.3 Å². The van der Waals surface area contributed by atoms with Crippen molar-refractivity contribution in [3.05, 3.63) is 35.9 Å². The minimum atomic E-state index is -3.26. The highest BCUT2D eigenvalue weighted by Gasteiger charge is 2.43. The Hall–Kier alpha value is -0.950. The monoisotopic (exact) mass is 377 g/mol. The van der Waals surface area contributed by atoms with Gasteiger partial charge in [-0.1, -0.05) is 30.3 Å². The first-order chi connectivity index (χ1) is 12.6. The van der Waals surface area contributed by atoms with Crippen LogP contribution in [0, 0.1) is 5.92 Å². The number of fused-ring (bicyclic) bond motifs is 4. The number of nitrogens with zero attached hydrogens (tertiary/aromatic N) is 3. The Kier molecular flexibility index (Phi) is 5.64. The van der Waals surface area contributed by atoms with Gasteiger partial charge in [0.05, 0.1) is 0 Å². The van der Waals surface area contributed by atoms with Crippen molar-refractivity contribution in [1.82, 2.24) is 13.5 Å². The highest BCUT2D eigenvalue weighted by atomic mass is 32.2. The maximum atomic E-state index is 13.1. The fourth-order valence-corrected chi connectivity index (χ4v) is 6.78. The fourth-order valence-electron chi connectivity index (χ4n) is 4.82. The van der Waals surface area contributed by atoms with Gasteiger partial charge in [0.2, 0.25) is 0 Å². The molecule has 0 amide bonds. The molecule has 26 heavy (non-hydrogen) atoms. The summed E-state index contributed by atoms with van der Waals surface area (Å²) in [4.78, 5) is 2.52. The zero-order valence-electron chi connectivity index (χ0n) is 15.6. The van der Waals surface area contributed by atoms with Crippen molar-refractivity contribution in [2.24, 2.45) is 5.92 Å². The summed E-state index contributed by atoms with van der Waals surface area (Å²) in [5.41, 5.74) is 1.39. The summed E-state index contributed by atoms with van der Waals surface area (Å²) >= 11 is 0. The molecule has 4 aliphatic rings. The van der Waals surface area contributed by atoms with Gasteiger partial charge in [-0.25, -0.2) is 0 Å². The molecule has 0 radical (unpaired) electrons. The first kappa shape index (κ1) is 18.4. The maximum Gasteiger partial charge on any atom is 0.282 e. The molecule has 6 heteroatoms. The summed E-state index contributed by atoms with van der Waals surface area (Å²) in [6, 6.07) is 10.8. The molecule has 0 saturated carbocycles. The number of benzene rings is 1. The Balaban J connectivity index is 1.37. The van der Waals surface area contributed by atoms with Crippen LogP contribution in [-0.2, 0) is 16.6 Å². The van der Waals surface area contributed by atoms with Crippen LogP contribution in [0.2, 0.25) is 0 Å². The van der Waals surface area contributed by atoms with Crippen LogP contribution in [0.3, 0.4) is 0 Å². The molecule has 0 N–H and O–H groups in total. The number of aryl methyl sites for hydroxylation is 1. The van der Waals surface area contributed by atoms with E-state index in [1.54, 1.807) is 4.31 Å². The molecule has 1 aromatic carbocycles. The molecular weight excluding hydrogens is 346 g/mol. The number of hydrogen-bond donors (Lipinski definition) is 0. The van der Waals surface area contributed by atoms with Crippen LogP contribution >= 0.6 is 0 Å². The third kappa shape index (κ3) is 3.98. The largest absolute Gasteiger partial charge is 0.301 e. The van der Waals surface area contributed by atoms with Crippen molar-refractivity contribution in [3.63, 3.8) is 0 Å². The topological polar surface area (TPSA) is 43.9 Å². The van der Waals surface area contributed by atoms with Gasteiger partial charge >= 0.3 is 0 Å². The van der Waals surface area contributed by atoms with Gasteiger partial charge in [-0.3, -0.25) is 0 Å². The van der Waals surface area contributed by atoms with E-state index < -0.39 is 10.2 Å². The van der Waals surface area contributed by atoms with Crippen molar-refractivity contribution in [2.45, 2.75) is 44.6 Å². The van der Waals surface area contributed by atoms with Crippen LogP contribution in [0.5, 0.6) is 0 Å². The van der Waals surface area contributed by atoms with Crippen molar-refractivity contribution in [3.8, 4) is 0 Å². The molecule has 0 aliphatic carbocycles. The van der Waals surface area contributed by atoms with E-state index in [1.807, 2.05) is 4.31 Å². The quantitative estimate of drug-likeness (QED) is 0.764. The minimum absolute atomic E-state index is 0.163. The van der Waals surface area contributed by atoms with Crippen LogP contribution in [0.4, 0.5) is 0 Å². The van der Waals surface area contributed by atoms with Gasteiger partial charge in [-0.15, -0.1) is 0 Å². The smallest absolute Gasteiger partial charge is 0.282 e. The number of rotatable bonds is 6. The van der Waals surface area contributed by atoms with Crippen LogP contribution in [0.1, 0.15) is 37.7 Å². The lowest BCUT2D eigenvalue weighted by atomic mass is 9.97. The van der Waals surface area contributed by atoms with Crippen LogP contribution < -0.4 is 0 Å². The fraction of sp³-hybridized carbons (Fsp3) is 0.700. The summed E-state index contributed by atoms with van der Waals surface area (Å²) in [5, 5.41) is 0. The predicted octanol–water partition coefficient (Wildman–Crippen LogP) is 2.36. The van der Waals surface area contributed by atoms with Crippen molar-refractivity contribution < 1.29 is 8.42 Å². The van der Waals surface area contributed by atoms with Crippen molar-refractivity contribution in [1.29, 1.82) is 0 Å². The third-order valence-corrected chi connectivity index (χ3v) is 8.27. The summed E-state index contributed by atoms with van der Waals surface area (Å²) in [7, 11) is -3.26. The first-order valence-electron chi connectivity index (χ1n) is 10.2. The Morgan fingerprint density at radius 1 is 0.962 bits per heavy atom. The standard InChI is InChI=1S/C20H31N3O2S/c24-26(25,22-13-4-5-14-22)23-16-19-10-11-20(23)17-21(15-19)12-6-9-18-7-2-1-3-8-18/h1-3,7-8,19-20H,4-6,9-17H2/t19-,20+/m0/s1. The molecule has 1 aromatic rings. The minimum Gasteiger partial charge on any atom is -0.301 e. The highest BCUT2D eigenvalue weighted by Crippen LogP contribution is 2.32. The van der Waals surface area contributed by atoms with E-state index in [0.29, 0.717) is 19.0 Å². The number of hydrogen-bond acceptors (Lipinski definition) is 3. The summed E-state index contributed by atoms with van der Waals surface area (Å²) in [5.74, 6) is 0.489. The molecule has 4 aliphatic heterocycles. The van der Waals surface area contributed by atoms with Gasteiger partial charge < -0.3 is 4.90 Å². The van der Waals surface area contributed by atoms with Crippen molar-refractivity contribution >= 4 is 10.2 Å². The van der Waals surface area contributed by atoms with E-state index in [9.17, 15) is 8.42 Å². The third-order valence-electron chi connectivity index (χ3n) is 6.21. The lowest BCUT2D eigenvalue weighted by Gasteiger charge is -2.37. The molecule has 0 unspecified atom stereocenters. The van der Waals surface area contributed by atoms with Gasteiger partial charge in [-0.2, -0.15) is 17.0 Å². The second-order valence-corrected chi connectivity index (χ2v) is 10.0. The number of piperidine rings is 1. The van der Waals surface area contributed by atoms with Crippen LogP contribution in [-0.4, -0.2) is 67.2 Å². The Labute approximate surface area is 158 Å². The molecule has 2 atom stereocenters. The maximum absolute atomic E-state index is 13.1. The molecule has 0 spiro atoms. The molecular formula is C20H31N3O2S. The molecule has 4 saturated heterocycles. The van der Waals surface area contributed by atoms with E-state index >= 15 is 0 Å². The Morgan fingerprint density at radius 3 is 2.50 bits per heavy atom. The van der Waals surface area contributed by atoms with Crippen LogP contribution in [0.25, 0.3) is 0 Å². The molecule has 144 valence electrons. The molecule has 2 bridgehead atoms. The molecule has 4 heterocycles. The van der Waals surface area contributed by atoms with E-state index in [0.717, 1.165) is 58.3 Å². The van der Waals surface area contributed by atoms with E-state index in [4.69, 9.17) is 0 Å². The molecule has 5 nitrogen and oxygen atoms in total. The average molecular weight is 378 g/mol. The van der Waals surface area contributed by atoms with Gasteiger partial charge in [0.15, 0.2) is 0 Å². The van der Waals surface area contributed by atoms with Crippen LogP contribution in [0.15, 0.2) is 30.3 Å². The summed E-state index contributed by atoms with van der Waals surface area (Å²) < 4.78 is 29.7. The molecule has 4 fully saturated rings. The van der Waals surface area contributed by atoms with Gasteiger partial charge in [0, 0.05) is 38.8 Å². The van der Waals surface area contributed by atoms with Gasteiger partial charge in [0.1, 0.15) is 0 Å². The lowest BCUT2D eigenvalue weighted by Crippen LogP contribution is -2.52. The molecule has 5 rings (SSSR count). The summed E-state index contributed by atoms with van der Waals surface area (Å²) in [6.45, 7) is 5.15. The zero-order valence-corrected chi connectivity index (χ0v) is 16.4. The predicted molar refractivity (Wildman–Crippen MR) is 104 cm³/mol. The highest BCUT2D eigenvalue weighted by molar-refractivity contribution is 7.86. The van der Waals surface area contributed by atoms with Gasteiger partial charge in [-0.05, 0) is 56.6 Å². The lowest BCUT2D eigenvalue weighted by molar-refractivity contribution is 0.213. The van der Waals surface area contributed by atoms with E-state index in [1.165, 1.54) is 12.0 Å². The second-order valence-electron chi connectivity index (χ2n) is 8.13. The Bertz CT molecular complexity index is 688. The summed E-state index contributed by atoms with van der Waals surface area (Å²) in [6.07, 6.45) is 6.45. The zero-order chi connectivity index (χ0) is 18.0.